The quantitative estimate of drug-likeness (QED) is 0.213. The van der Waals surface area contributed by atoms with Crippen LogP contribution < -0.4 is 0 Å². The molecule has 0 spiro atoms. The summed E-state index contributed by atoms with van der Waals surface area (Å²) in [6, 6.07) is 12.9. The van der Waals surface area contributed by atoms with Crippen molar-refractivity contribution in [2.24, 2.45) is 0 Å². The van der Waals surface area contributed by atoms with Crippen molar-refractivity contribution in [2.75, 3.05) is 0 Å². The second kappa shape index (κ2) is 11.4. The minimum absolute atomic E-state index is 0.0957. The lowest BCUT2D eigenvalue weighted by Gasteiger charge is -2.11. The van der Waals surface area contributed by atoms with Gasteiger partial charge in [-0.3, -0.25) is 0 Å². The van der Waals surface area contributed by atoms with Crippen LogP contribution in [-0.2, 0) is 6.42 Å². The maximum Gasteiger partial charge on any atom is 0.409 e. The Labute approximate surface area is 195 Å². The first kappa shape index (κ1) is 25.6. The molecule has 0 saturated carbocycles. The topological polar surface area (TPSA) is 0 Å². The number of allylic oxidation sites excluding steroid dienone is 1. The molecule has 0 aliphatic rings. The van der Waals surface area contributed by atoms with E-state index in [0.29, 0.717) is 17.2 Å². The number of hydrogen-bond acceptors (Lipinski definition) is 0. The van der Waals surface area contributed by atoms with Crippen molar-refractivity contribution in [3.8, 4) is 22.3 Å². The average molecular weight is 477 g/mol. The molecule has 0 aliphatic heterocycles. The minimum Gasteiger partial charge on any atom is -0.206 e. The zero-order valence-corrected chi connectivity index (χ0v) is 18.9. The third-order valence-electron chi connectivity index (χ3n) is 5.64. The van der Waals surface area contributed by atoms with Crippen LogP contribution in [0.3, 0.4) is 0 Å². The van der Waals surface area contributed by atoms with Gasteiger partial charge in [0.15, 0.2) is 0 Å². The van der Waals surface area contributed by atoms with Crippen LogP contribution in [0.15, 0.2) is 60.7 Å². The smallest absolute Gasteiger partial charge is 0.206 e. The van der Waals surface area contributed by atoms with Crippen LogP contribution in [0.4, 0.5) is 26.3 Å². The molecule has 0 fully saturated rings. The molecule has 3 aromatic rings. The van der Waals surface area contributed by atoms with E-state index in [9.17, 15) is 26.3 Å². The van der Waals surface area contributed by atoms with Gasteiger partial charge in [-0.05, 0) is 59.4 Å². The van der Waals surface area contributed by atoms with Gasteiger partial charge in [-0.2, -0.15) is 13.2 Å². The molecule has 0 nitrogen and oxygen atoms in total. The van der Waals surface area contributed by atoms with Crippen molar-refractivity contribution in [3.63, 3.8) is 0 Å². The van der Waals surface area contributed by atoms with Gasteiger partial charge in [0.05, 0.1) is 5.56 Å². The lowest BCUT2D eigenvalue weighted by atomic mass is 9.96. The van der Waals surface area contributed by atoms with E-state index in [2.05, 4.69) is 6.92 Å². The molecule has 0 atom stereocenters. The van der Waals surface area contributed by atoms with E-state index in [1.807, 2.05) is 24.3 Å². The highest BCUT2D eigenvalue weighted by atomic mass is 19.4. The molecule has 0 heterocycles. The summed E-state index contributed by atoms with van der Waals surface area (Å²) in [6.07, 6.45) is 2.75. The number of benzene rings is 3. The molecule has 6 heteroatoms. The summed E-state index contributed by atoms with van der Waals surface area (Å²) in [4.78, 5) is 0. The second-order valence-electron chi connectivity index (χ2n) is 8.29. The molecule has 34 heavy (non-hydrogen) atoms. The Morgan fingerprint density at radius 2 is 1.26 bits per heavy atom. The van der Waals surface area contributed by atoms with Crippen molar-refractivity contribution >= 4 is 6.08 Å². The van der Waals surface area contributed by atoms with E-state index in [-0.39, 0.29) is 17.2 Å². The first-order valence-electron chi connectivity index (χ1n) is 11.3. The second-order valence-corrected chi connectivity index (χ2v) is 8.29. The van der Waals surface area contributed by atoms with Crippen LogP contribution in [0.1, 0.15) is 50.2 Å². The summed E-state index contributed by atoms with van der Waals surface area (Å²) in [5.74, 6) is -2.77. The molecule has 0 unspecified atom stereocenters. The largest absolute Gasteiger partial charge is 0.409 e. The molecule has 0 N–H and O–H groups in total. The fraction of sp³-hybridized carbons (Fsp3) is 0.286. The van der Waals surface area contributed by atoms with Crippen molar-refractivity contribution in [1.82, 2.24) is 0 Å². The fourth-order valence-corrected chi connectivity index (χ4v) is 3.81. The molecule has 0 bridgehead atoms. The van der Waals surface area contributed by atoms with E-state index in [4.69, 9.17) is 0 Å². The summed E-state index contributed by atoms with van der Waals surface area (Å²) in [5, 5.41) is 0. The van der Waals surface area contributed by atoms with E-state index >= 15 is 0 Å². The highest BCUT2D eigenvalue weighted by Crippen LogP contribution is 2.32. The third-order valence-corrected chi connectivity index (χ3v) is 5.64. The minimum atomic E-state index is -4.59. The van der Waals surface area contributed by atoms with Crippen LogP contribution in [-0.4, -0.2) is 6.18 Å². The van der Waals surface area contributed by atoms with E-state index in [0.717, 1.165) is 30.5 Å². The first-order chi connectivity index (χ1) is 16.2. The molecule has 0 saturated heterocycles. The van der Waals surface area contributed by atoms with E-state index < -0.39 is 29.2 Å². The molecular weight excluding hydrogens is 450 g/mol. The van der Waals surface area contributed by atoms with Crippen molar-refractivity contribution in [3.05, 3.63) is 89.3 Å². The fourth-order valence-electron chi connectivity index (χ4n) is 3.81. The number of halogens is 6. The Bertz CT molecular complexity index is 1100. The van der Waals surface area contributed by atoms with Crippen LogP contribution in [0, 0.1) is 17.5 Å². The van der Waals surface area contributed by atoms with Gasteiger partial charge in [0.1, 0.15) is 17.5 Å². The molecule has 0 aliphatic carbocycles. The Balaban J connectivity index is 1.78. The highest BCUT2D eigenvalue weighted by molar-refractivity contribution is 5.72. The van der Waals surface area contributed by atoms with Crippen molar-refractivity contribution in [1.29, 1.82) is 0 Å². The average Bonchev–Trinajstić information content (AvgIpc) is 2.77. The number of hydrogen-bond donors (Lipinski definition) is 0. The predicted molar refractivity (Wildman–Crippen MR) is 125 cm³/mol. The van der Waals surface area contributed by atoms with Gasteiger partial charge in [0.25, 0.3) is 0 Å². The van der Waals surface area contributed by atoms with Crippen LogP contribution in [0.25, 0.3) is 28.3 Å². The summed E-state index contributed by atoms with van der Waals surface area (Å²) in [5.41, 5.74) is 1.30. The molecule has 0 aromatic heterocycles. The molecule has 180 valence electrons. The SMILES string of the molecule is CCCCCCCc1ccc(-c2cc(F)c(-c3ccc(/C=C/C(F)(F)F)c(F)c3)c(F)c2)cc1. The Morgan fingerprint density at radius 3 is 1.85 bits per heavy atom. The van der Waals surface area contributed by atoms with Gasteiger partial charge in [-0.15, -0.1) is 0 Å². The number of aryl methyl sites for hydroxylation is 1. The van der Waals surface area contributed by atoms with Gasteiger partial charge in [0.2, 0.25) is 0 Å². The van der Waals surface area contributed by atoms with Crippen LogP contribution >= 0.6 is 0 Å². The monoisotopic (exact) mass is 476 g/mol. The maximum atomic E-state index is 14.8. The standard InChI is InChI=1S/C28H26F6/c1-2-3-4-5-6-7-19-8-10-20(11-9-19)23-17-25(30)27(26(31)18-23)22-13-12-21(24(29)16-22)14-15-28(32,33)34/h8-18H,2-7H2,1H3/b15-14+. The number of rotatable bonds is 9. The Kier molecular flexibility index (Phi) is 8.59. The molecule has 0 amide bonds. The van der Waals surface area contributed by atoms with Crippen molar-refractivity contribution < 1.29 is 26.3 Å². The van der Waals surface area contributed by atoms with Gasteiger partial charge in [-0.25, -0.2) is 13.2 Å². The zero-order valence-electron chi connectivity index (χ0n) is 18.9. The van der Waals surface area contributed by atoms with E-state index in [1.54, 1.807) is 0 Å². The Morgan fingerprint density at radius 1 is 0.676 bits per heavy atom. The predicted octanol–water partition coefficient (Wildman–Crippen LogP) is 9.53. The molecule has 3 rings (SSSR count). The van der Waals surface area contributed by atoms with Gasteiger partial charge >= 0.3 is 6.18 Å². The summed E-state index contributed by atoms with van der Waals surface area (Å²) < 4.78 is 80.9. The maximum absolute atomic E-state index is 14.8. The highest BCUT2D eigenvalue weighted by Gasteiger charge is 2.22. The molecular formula is C28H26F6. The number of unbranched alkanes of at least 4 members (excludes halogenated alkanes) is 4. The van der Waals surface area contributed by atoms with E-state index in [1.165, 1.54) is 43.9 Å². The summed E-state index contributed by atoms with van der Waals surface area (Å²) >= 11 is 0. The van der Waals surface area contributed by atoms with Gasteiger partial charge in [0, 0.05) is 11.6 Å². The van der Waals surface area contributed by atoms with Gasteiger partial charge in [-0.1, -0.05) is 69.0 Å². The lowest BCUT2D eigenvalue weighted by Crippen LogP contribution is -2.00. The van der Waals surface area contributed by atoms with Crippen molar-refractivity contribution in [2.45, 2.75) is 51.6 Å². The summed E-state index contributed by atoms with van der Waals surface area (Å²) in [7, 11) is 0. The molecule has 3 aromatic carbocycles. The van der Waals surface area contributed by atoms with Gasteiger partial charge < -0.3 is 0 Å². The number of alkyl halides is 3. The molecule has 0 radical (unpaired) electrons. The lowest BCUT2D eigenvalue weighted by molar-refractivity contribution is -0.0790. The zero-order chi connectivity index (χ0) is 24.7. The third kappa shape index (κ3) is 6.99. The summed E-state index contributed by atoms with van der Waals surface area (Å²) in [6.45, 7) is 2.17. The first-order valence-corrected chi connectivity index (χ1v) is 11.3. The van der Waals surface area contributed by atoms with Crippen LogP contribution in [0.2, 0.25) is 0 Å². The van der Waals surface area contributed by atoms with Crippen LogP contribution in [0.5, 0.6) is 0 Å². The Hall–Kier alpha value is -3.02. The normalized spacial score (nSPS) is 12.0.